The number of rotatable bonds is 7. The van der Waals surface area contributed by atoms with Gasteiger partial charge >= 0.3 is 11.9 Å². The van der Waals surface area contributed by atoms with E-state index in [1.807, 2.05) is 0 Å². The molecule has 21 heavy (non-hydrogen) atoms. The Bertz CT molecular complexity index is 558. The lowest BCUT2D eigenvalue weighted by molar-refractivity contribution is -0.137. The number of carboxylic acids is 2. The summed E-state index contributed by atoms with van der Waals surface area (Å²) in [7, 11) is 1.40. The lowest BCUT2D eigenvalue weighted by Gasteiger charge is -2.14. The fraction of sp³-hybridized carbons (Fsp3) is 0.308. The van der Waals surface area contributed by atoms with Crippen LogP contribution in [-0.2, 0) is 9.59 Å². The van der Waals surface area contributed by atoms with Crippen molar-refractivity contribution < 1.29 is 29.3 Å². The second-order valence-corrected chi connectivity index (χ2v) is 4.24. The number of methoxy groups -OCH3 is 1. The summed E-state index contributed by atoms with van der Waals surface area (Å²) in [5.74, 6) is -2.57. The average molecular weight is 296 g/mol. The van der Waals surface area contributed by atoms with Gasteiger partial charge in [-0.1, -0.05) is 0 Å². The number of nitrogens with two attached hydrogens (primary N) is 1. The molecular formula is C13H16N2O6. The number of aliphatic carboxylic acids is 1. The molecule has 0 aliphatic carbocycles. The minimum atomic E-state index is -1.22. The van der Waals surface area contributed by atoms with Crippen molar-refractivity contribution in [1.82, 2.24) is 0 Å². The molecule has 1 aromatic carbocycles. The Morgan fingerprint density at radius 2 is 2.00 bits per heavy atom. The van der Waals surface area contributed by atoms with Crippen LogP contribution in [0.5, 0.6) is 5.75 Å². The third-order valence-corrected chi connectivity index (χ3v) is 2.72. The van der Waals surface area contributed by atoms with Crippen molar-refractivity contribution in [2.24, 2.45) is 5.73 Å². The van der Waals surface area contributed by atoms with E-state index in [4.69, 9.17) is 20.7 Å². The summed E-state index contributed by atoms with van der Waals surface area (Å²) in [5.41, 5.74) is 5.48. The zero-order valence-corrected chi connectivity index (χ0v) is 11.3. The van der Waals surface area contributed by atoms with Crippen molar-refractivity contribution in [3.05, 3.63) is 23.8 Å². The first kappa shape index (κ1) is 16.4. The lowest BCUT2D eigenvalue weighted by Crippen LogP contribution is -2.36. The number of carbonyl (C=O) groups is 3. The fourth-order valence-corrected chi connectivity index (χ4v) is 1.58. The number of carboxylic acid groups (broad SMARTS) is 2. The smallest absolute Gasteiger partial charge is 0.337 e. The van der Waals surface area contributed by atoms with Gasteiger partial charge in [0.1, 0.15) is 5.75 Å². The Hall–Kier alpha value is -2.61. The number of benzene rings is 1. The Kier molecular flexibility index (Phi) is 5.67. The number of anilines is 1. The van der Waals surface area contributed by atoms with Crippen LogP contribution in [0.25, 0.3) is 0 Å². The van der Waals surface area contributed by atoms with E-state index in [9.17, 15) is 14.4 Å². The highest BCUT2D eigenvalue weighted by Crippen LogP contribution is 2.22. The van der Waals surface area contributed by atoms with Crippen LogP contribution in [0.3, 0.4) is 0 Å². The van der Waals surface area contributed by atoms with E-state index in [2.05, 4.69) is 5.32 Å². The summed E-state index contributed by atoms with van der Waals surface area (Å²) < 4.78 is 4.96. The van der Waals surface area contributed by atoms with Gasteiger partial charge < -0.3 is 26.0 Å². The van der Waals surface area contributed by atoms with E-state index in [1.54, 1.807) is 0 Å². The van der Waals surface area contributed by atoms with Crippen LogP contribution < -0.4 is 15.8 Å². The van der Waals surface area contributed by atoms with Gasteiger partial charge in [0, 0.05) is 12.5 Å². The number of aromatic carboxylic acids is 1. The minimum Gasteiger partial charge on any atom is -0.497 e. The Balaban J connectivity index is 2.87. The van der Waals surface area contributed by atoms with Crippen molar-refractivity contribution in [3.63, 3.8) is 0 Å². The second kappa shape index (κ2) is 7.25. The van der Waals surface area contributed by atoms with Crippen molar-refractivity contribution in [2.75, 3.05) is 12.4 Å². The number of amides is 1. The highest BCUT2D eigenvalue weighted by molar-refractivity contribution is 6.02. The highest BCUT2D eigenvalue weighted by Gasteiger charge is 2.18. The molecule has 1 unspecified atom stereocenters. The molecule has 1 amide bonds. The molecule has 1 rings (SSSR count). The van der Waals surface area contributed by atoms with E-state index < -0.39 is 23.9 Å². The normalized spacial score (nSPS) is 11.5. The maximum atomic E-state index is 11.8. The SMILES string of the molecule is COc1ccc(C(=O)O)c(NC(=O)C(N)CCC(=O)O)c1. The van der Waals surface area contributed by atoms with E-state index in [0.29, 0.717) is 5.75 Å². The molecule has 0 spiro atoms. The van der Waals surface area contributed by atoms with Gasteiger partial charge in [-0.05, 0) is 18.6 Å². The third kappa shape index (κ3) is 4.77. The first-order valence-corrected chi connectivity index (χ1v) is 6.04. The van der Waals surface area contributed by atoms with Crippen LogP contribution in [0.1, 0.15) is 23.2 Å². The first-order chi connectivity index (χ1) is 9.85. The van der Waals surface area contributed by atoms with E-state index in [-0.39, 0.29) is 24.1 Å². The van der Waals surface area contributed by atoms with Crippen molar-refractivity contribution in [1.29, 1.82) is 0 Å². The van der Waals surface area contributed by atoms with E-state index in [1.165, 1.54) is 25.3 Å². The molecule has 0 aliphatic rings. The molecule has 114 valence electrons. The molecule has 0 aliphatic heterocycles. The van der Waals surface area contributed by atoms with Crippen molar-refractivity contribution in [3.8, 4) is 5.75 Å². The number of ether oxygens (including phenoxy) is 1. The van der Waals surface area contributed by atoms with Crippen LogP contribution in [0.2, 0.25) is 0 Å². The van der Waals surface area contributed by atoms with Gasteiger partial charge in [-0.2, -0.15) is 0 Å². The standard InChI is InChI=1S/C13H16N2O6/c1-21-7-2-3-8(13(19)20)10(6-7)15-12(18)9(14)4-5-11(16)17/h2-3,6,9H,4-5,14H2,1H3,(H,15,18)(H,16,17)(H,19,20). The van der Waals surface area contributed by atoms with E-state index >= 15 is 0 Å². The lowest BCUT2D eigenvalue weighted by atomic mass is 10.1. The summed E-state index contributed by atoms with van der Waals surface area (Å²) in [5, 5.41) is 20.0. The van der Waals surface area contributed by atoms with Crippen LogP contribution >= 0.6 is 0 Å². The van der Waals surface area contributed by atoms with Gasteiger partial charge in [-0.25, -0.2) is 4.79 Å². The number of hydrogen-bond donors (Lipinski definition) is 4. The van der Waals surface area contributed by atoms with Gasteiger partial charge in [-0.3, -0.25) is 9.59 Å². The van der Waals surface area contributed by atoms with Gasteiger partial charge in [0.25, 0.3) is 0 Å². The van der Waals surface area contributed by atoms with Gasteiger partial charge in [0.2, 0.25) is 5.91 Å². The monoisotopic (exact) mass is 296 g/mol. The highest BCUT2D eigenvalue weighted by atomic mass is 16.5. The maximum Gasteiger partial charge on any atom is 0.337 e. The molecule has 8 nitrogen and oxygen atoms in total. The summed E-state index contributed by atoms with van der Waals surface area (Å²) in [6.07, 6.45) is -0.300. The molecule has 0 aromatic heterocycles. The molecule has 0 saturated carbocycles. The molecule has 8 heteroatoms. The largest absolute Gasteiger partial charge is 0.497 e. The zero-order chi connectivity index (χ0) is 16.0. The quantitative estimate of drug-likeness (QED) is 0.575. The molecule has 5 N–H and O–H groups in total. The van der Waals surface area contributed by atoms with Crippen molar-refractivity contribution >= 4 is 23.5 Å². The minimum absolute atomic E-state index is 0.0395. The summed E-state index contributed by atoms with van der Waals surface area (Å²) in [6.45, 7) is 0. The number of carbonyl (C=O) groups excluding carboxylic acids is 1. The number of hydrogen-bond acceptors (Lipinski definition) is 5. The molecule has 0 radical (unpaired) electrons. The van der Waals surface area contributed by atoms with Gasteiger partial charge in [0.05, 0.1) is 24.4 Å². The first-order valence-electron chi connectivity index (χ1n) is 6.04. The van der Waals surface area contributed by atoms with Crippen LogP contribution in [0, 0.1) is 0 Å². The second-order valence-electron chi connectivity index (χ2n) is 4.24. The Labute approximate surface area is 120 Å². The Morgan fingerprint density at radius 1 is 1.33 bits per heavy atom. The molecule has 1 atom stereocenters. The van der Waals surface area contributed by atoms with Gasteiger partial charge in [-0.15, -0.1) is 0 Å². The molecule has 1 aromatic rings. The number of nitrogens with one attached hydrogen (secondary N) is 1. The molecule has 0 fully saturated rings. The summed E-state index contributed by atoms with van der Waals surface area (Å²) >= 11 is 0. The third-order valence-electron chi connectivity index (χ3n) is 2.72. The molecular weight excluding hydrogens is 280 g/mol. The predicted octanol–water partition coefficient (Wildman–Crippen LogP) is 0.524. The zero-order valence-electron chi connectivity index (χ0n) is 11.3. The molecule has 0 bridgehead atoms. The molecule has 0 saturated heterocycles. The van der Waals surface area contributed by atoms with Crippen LogP contribution in [0.15, 0.2) is 18.2 Å². The predicted molar refractivity (Wildman–Crippen MR) is 73.4 cm³/mol. The van der Waals surface area contributed by atoms with Crippen molar-refractivity contribution in [2.45, 2.75) is 18.9 Å². The maximum absolute atomic E-state index is 11.8. The topological polar surface area (TPSA) is 139 Å². The van der Waals surface area contributed by atoms with Gasteiger partial charge in [0.15, 0.2) is 0 Å². The molecule has 0 heterocycles. The van der Waals surface area contributed by atoms with E-state index in [0.717, 1.165) is 0 Å². The fourth-order valence-electron chi connectivity index (χ4n) is 1.58. The average Bonchev–Trinajstić information content (AvgIpc) is 2.43. The summed E-state index contributed by atoms with van der Waals surface area (Å²) in [6, 6.07) is 3.04. The van der Waals surface area contributed by atoms with Crippen LogP contribution in [0.4, 0.5) is 5.69 Å². The van der Waals surface area contributed by atoms with Crippen LogP contribution in [-0.4, -0.2) is 41.2 Å². The Morgan fingerprint density at radius 3 is 2.52 bits per heavy atom. The summed E-state index contributed by atoms with van der Waals surface area (Å²) in [4.78, 5) is 33.4.